The maximum absolute atomic E-state index is 15.8. The van der Waals surface area contributed by atoms with Gasteiger partial charge < -0.3 is 19.1 Å². The van der Waals surface area contributed by atoms with Gasteiger partial charge in [0.1, 0.15) is 17.5 Å². The van der Waals surface area contributed by atoms with Crippen LogP contribution in [0.25, 0.3) is 38.8 Å². The van der Waals surface area contributed by atoms with Crippen LogP contribution in [0.3, 0.4) is 0 Å². The average molecular weight is 1050 g/mol. The molecule has 0 radical (unpaired) electrons. The van der Waals surface area contributed by atoms with Crippen LogP contribution in [0.15, 0.2) is 121 Å². The molecule has 8 heteroatoms. The van der Waals surface area contributed by atoms with Crippen LogP contribution in [0.2, 0.25) is 0 Å². The van der Waals surface area contributed by atoms with Gasteiger partial charge in [0.2, 0.25) is 0 Å². The van der Waals surface area contributed by atoms with Crippen molar-refractivity contribution in [2.45, 2.75) is 98.3 Å². The van der Waals surface area contributed by atoms with Gasteiger partial charge in [-0.25, -0.2) is 13.8 Å². The Morgan fingerprint density at radius 3 is 1.94 bits per heavy atom. The number of benzene rings is 6. The third-order valence-electron chi connectivity index (χ3n) is 12.2. The Kier molecular flexibility index (Phi) is 11.9. The van der Waals surface area contributed by atoms with Crippen LogP contribution in [0.1, 0.15) is 104 Å². The molecular weight excluding hydrogens is 990 g/mol. The fraction of sp³-hybridized carbons (Fsp3) is 0.263. The number of aromatic nitrogens is 2. The summed E-state index contributed by atoms with van der Waals surface area (Å²) in [5.41, 5.74) is 9.90. The zero-order chi connectivity index (χ0) is 45.5. The van der Waals surface area contributed by atoms with E-state index in [1.165, 1.54) is 34.9 Å². The van der Waals surface area contributed by atoms with Crippen LogP contribution in [-0.4, -0.2) is 9.55 Å². The van der Waals surface area contributed by atoms with Gasteiger partial charge in [-0.3, -0.25) is 0 Å². The molecule has 0 atom stereocenters. The predicted octanol–water partition coefficient (Wildman–Crippen LogP) is 15.9. The van der Waals surface area contributed by atoms with Gasteiger partial charge in [0.15, 0.2) is 0 Å². The number of hydrogen-bond donors (Lipinski definition) is 0. The van der Waals surface area contributed by atoms with Crippen molar-refractivity contribution in [2.75, 3.05) is 9.80 Å². The number of anilines is 4. The van der Waals surface area contributed by atoms with E-state index < -0.39 is 11.6 Å². The zero-order valence-corrected chi connectivity index (χ0v) is 41.2. The number of fused-ring (bicyclic) bond motifs is 4. The molecule has 5 nitrogen and oxygen atoms in total. The maximum Gasteiger partial charge on any atom is 0.147 e. The molecule has 0 saturated carbocycles. The molecule has 0 unspecified atom stereocenters. The van der Waals surface area contributed by atoms with E-state index in [1.54, 1.807) is 17.8 Å². The molecule has 65 heavy (non-hydrogen) atoms. The molecule has 0 saturated heterocycles. The summed E-state index contributed by atoms with van der Waals surface area (Å²) in [7, 11) is 0. The van der Waals surface area contributed by atoms with Crippen LogP contribution in [-0.2, 0) is 37.3 Å². The van der Waals surface area contributed by atoms with E-state index in [4.69, 9.17) is 9.72 Å². The van der Waals surface area contributed by atoms with E-state index in [0.29, 0.717) is 28.8 Å². The standard InChI is InChI=1S/C57H55F2N4O.Pt/c1-35(2)36-29-44(56(6,7)8)53(45(30-36)57(9,10)11)37-27-39(61-34-62(54-46(58)18-16-19-47(54)59)51-31-38(55(3,4)5)22-25-49(51)61)32-41(28-37)64-40-23-24-43-42-17-12-13-20-48(42)63(50(43)33-40)52-21-14-15-26-60-52;/h12-31,34-35H,1-11H3;/q-3;. The monoisotopic (exact) mass is 1040 g/mol. The molecule has 9 rings (SSSR count). The van der Waals surface area contributed by atoms with Gasteiger partial charge in [0.05, 0.1) is 5.69 Å². The quantitative estimate of drug-likeness (QED) is 0.149. The minimum atomic E-state index is -0.657. The first-order valence-electron chi connectivity index (χ1n) is 22.1. The number of ether oxygens (including phenoxy) is 1. The Hall–Kier alpha value is -5.78. The molecular formula is C57H55F2N4OPt-3. The summed E-state index contributed by atoms with van der Waals surface area (Å²) in [6, 6.07) is 44.5. The Balaban J connectivity index is 0.00000576. The normalized spacial score (nSPS) is 13.2. The van der Waals surface area contributed by atoms with E-state index >= 15 is 8.78 Å². The van der Waals surface area contributed by atoms with Gasteiger partial charge in [-0.1, -0.05) is 130 Å². The minimum absolute atomic E-state index is 0. The number of pyridine rings is 1. The fourth-order valence-electron chi connectivity index (χ4n) is 8.84. The molecule has 8 aromatic rings. The van der Waals surface area contributed by atoms with Crippen molar-refractivity contribution in [3.8, 4) is 28.4 Å². The largest absolute Gasteiger partial charge is 0.509 e. The van der Waals surface area contributed by atoms with Gasteiger partial charge >= 0.3 is 0 Å². The van der Waals surface area contributed by atoms with Crippen molar-refractivity contribution in [3.63, 3.8) is 0 Å². The SMILES string of the molecule is CC(C)c1cc(C(C)(C)C)c(-c2cc(Oc3[c-]c4c(cc3)c3ccccc3n4-c3ccccn3)[c-]c(N3[CH-]N(c4c(F)cccc4F)c4cc(C(C)(C)C)ccc43)c2)c(C(C)(C)C)c1.[Pt]. The molecule has 2 aromatic heterocycles. The summed E-state index contributed by atoms with van der Waals surface area (Å²) < 4.78 is 40.7. The van der Waals surface area contributed by atoms with E-state index in [0.717, 1.165) is 50.0 Å². The van der Waals surface area contributed by atoms with Crippen LogP contribution < -0.4 is 14.5 Å². The second-order valence-corrected chi connectivity index (χ2v) is 20.4. The molecule has 3 heterocycles. The average Bonchev–Trinajstić information content (AvgIpc) is 3.78. The topological polar surface area (TPSA) is 33.5 Å². The first kappa shape index (κ1) is 45.8. The maximum atomic E-state index is 15.8. The molecule has 0 N–H and O–H groups in total. The van der Waals surface area contributed by atoms with Gasteiger partial charge in [-0.2, -0.15) is 6.07 Å². The molecule has 0 amide bonds. The van der Waals surface area contributed by atoms with Crippen molar-refractivity contribution >= 4 is 44.6 Å². The van der Waals surface area contributed by atoms with Crippen molar-refractivity contribution in [2.24, 2.45) is 0 Å². The predicted molar refractivity (Wildman–Crippen MR) is 260 cm³/mol. The van der Waals surface area contributed by atoms with Crippen LogP contribution in [0.4, 0.5) is 31.5 Å². The van der Waals surface area contributed by atoms with Crippen molar-refractivity contribution in [1.82, 2.24) is 9.55 Å². The summed E-state index contributed by atoms with van der Waals surface area (Å²) in [6.45, 7) is 26.2. The Labute approximate surface area is 397 Å². The number of rotatable bonds is 7. The zero-order valence-electron chi connectivity index (χ0n) is 39.0. The Bertz CT molecular complexity index is 3030. The van der Waals surface area contributed by atoms with Gasteiger partial charge in [0.25, 0.3) is 0 Å². The molecule has 1 aliphatic rings. The van der Waals surface area contributed by atoms with E-state index in [2.05, 4.69) is 141 Å². The second kappa shape index (κ2) is 16.9. The van der Waals surface area contributed by atoms with Gasteiger partial charge in [-0.15, -0.1) is 53.6 Å². The number of hydrogen-bond acceptors (Lipinski definition) is 4. The first-order chi connectivity index (χ1) is 30.3. The third kappa shape index (κ3) is 8.49. The summed E-state index contributed by atoms with van der Waals surface area (Å²) in [6.07, 6.45) is 1.79. The van der Waals surface area contributed by atoms with E-state index in [1.807, 2.05) is 53.4 Å². The molecule has 0 aliphatic carbocycles. The van der Waals surface area contributed by atoms with Gasteiger partial charge in [-0.05, 0) is 97.8 Å². The molecule has 336 valence electrons. The molecule has 0 bridgehead atoms. The third-order valence-corrected chi connectivity index (χ3v) is 12.2. The van der Waals surface area contributed by atoms with Crippen molar-refractivity contribution < 1.29 is 34.6 Å². The molecule has 0 spiro atoms. The molecule has 1 aliphatic heterocycles. The van der Waals surface area contributed by atoms with Crippen molar-refractivity contribution in [3.05, 3.63) is 174 Å². The van der Waals surface area contributed by atoms with Crippen molar-refractivity contribution in [1.29, 1.82) is 0 Å². The van der Waals surface area contributed by atoms with Crippen LogP contribution in [0, 0.1) is 30.4 Å². The molecule has 6 aromatic carbocycles. The second-order valence-electron chi connectivity index (χ2n) is 20.4. The van der Waals surface area contributed by atoms with E-state index in [-0.39, 0.29) is 43.0 Å². The number of para-hydroxylation sites is 2. The summed E-state index contributed by atoms with van der Waals surface area (Å²) in [5, 5.41) is 2.12. The molecule has 0 fully saturated rings. The Morgan fingerprint density at radius 1 is 0.631 bits per heavy atom. The van der Waals surface area contributed by atoms with Gasteiger partial charge in [0, 0.05) is 55.7 Å². The van der Waals surface area contributed by atoms with E-state index in [9.17, 15) is 0 Å². The summed E-state index contributed by atoms with van der Waals surface area (Å²) in [4.78, 5) is 8.30. The Morgan fingerprint density at radius 2 is 1.31 bits per heavy atom. The number of nitrogens with zero attached hydrogens (tertiary/aromatic N) is 4. The summed E-state index contributed by atoms with van der Waals surface area (Å²) in [5.74, 6) is 0.755. The smallest absolute Gasteiger partial charge is 0.147 e. The number of halogens is 2. The van der Waals surface area contributed by atoms with Crippen LogP contribution >= 0.6 is 0 Å². The fourth-order valence-corrected chi connectivity index (χ4v) is 8.84. The first-order valence-corrected chi connectivity index (χ1v) is 22.1. The minimum Gasteiger partial charge on any atom is -0.509 e. The summed E-state index contributed by atoms with van der Waals surface area (Å²) >= 11 is 0. The van der Waals surface area contributed by atoms with Crippen LogP contribution in [0.5, 0.6) is 11.5 Å².